The summed E-state index contributed by atoms with van der Waals surface area (Å²) in [5.41, 5.74) is 2.87. The molecule has 0 aliphatic heterocycles. The Hall–Kier alpha value is -2.56. The van der Waals surface area contributed by atoms with Gasteiger partial charge >= 0.3 is 0 Å². The maximum atomic E-state index is 5.14. The average molecular weight is 254 g/mol. The molecule has 0 aliphatic rings. The fourth-order valence-electron chi connectivity index (χ4n) is 2.02. The van der Waals surface area contributed by atoms with Crippen LogP contribution >= 0.6 is 0 Å². The minimum absolute atomic E-state index is 0.794. The van der Waals surface area contributed by atoms with Crippen molar-refractivity contribution in [1.29, 1.82) is 0 Å². The van der Waals surface area contributed by atoms with Crippen molar-refractivity contribution in [2.45, 2.75) is 0 Å². The molecule has 19 heavy (non-hydrogen) atoms. The van der Waals surface area contributed by atoms with Crippen LogP contribution in [0.4, 0.5) is 11.5 Å². The van der Waals surface area contributed by atoms with Crippen LogP contribution in [0.3, 0.4) is 0 Å². The third kappa shape index (κ3) is 2.10. The summed E-state index contributed by atoms with van der Waals surface area (Å²) in [7, 11) is 3.63. The lowest BCUT2D eigenvalue weighted by molar-refractivity contribution is 0.415. The minimum Gasteiger partial charge on any atom is -0.497 e. The first-order chi connectivity index (χ1) is 9.28. The fourth-order valence-corrected chi connectivity index (χ4v) is 2.02. The van der Waals surface area contributed by atoms with E-state index in [9.17, 15) is 0 Å². The van der Waals surface area contributed by atoms with E-state index >= 15 is 0 Å². The number of nitrogens with zero attached hydrogens (tertiary/aromatic N) is 3. The number of nitrogens with one attached hydrogen (secondary N) is 1. The molecule has 1 N–H and O–H groups in total. The predicted molar refractivity (Wildman–Crippen MR) is 74.8 cm³/mol. The molecule has 0 saturated heterocycles. The van der Waals surface area contributed by atoms with E-state index in [0.29, 0.717) is 0 Å². The smallest absolute Gasteiger partial charge is 0.158 e. The van der Waals surface area contributed by atoms with E-state index in [1.165, 1.54) is 0 Å². The molecule has 0 unspecified atom stereocenters. The highest BCUT2D eigenvalue weighted by Gasteiger charge is 2.07. The number of hydrogen-bond acceptors (Lipinski definition) is 4. The summed E-state index contributed by atoms with van der Waals surface area (Å²) in [5.74, 6) is 1.62. The molecule has 2 heterocycles. The first kappa shape index (κ1) is 11.5. The topological polar surface area (TPSA) is 52.0 Å². The van der Waals surface area contributed by atoms with Crippen molar-refractivity contribution in [2.75, 3.05) is 12.4 Å². The molecule has 0 bridgehead atoms. The molecule has 96 valence electrons. The molecule has 3 aromatic rings. The highest BCUT2D eigenvalue weighted by Crippen LogP contribution is 2.24. The largest absolute Gasteiger partial charge is 0.497 e. The van der Waals surface area contributed by atoms with E-state index in [1.807, 2.05) is 48.1 Å². The number of methoxy groups -OCH3 is 1. The predicted octanol–water partition coefficient (Wildman–Crippen LogP) is 2.72. The molecule has 0 saturated carbocycles. The number of fused-ring (bicyclic) bond motifs is 1. The van der Waals surface area contributed by atoms with Gasteiger partial charge in [-0.05, 0) is 30.3 Å². The lowest BCUT2D eigenvalue weighted by Gasteiger charge is -2.08. The van der Waals surface area contributed by atoms with Gasteiger partial charge in [0.1, 0.15) is 17.6 Å². The van der Waals surface area contributed by atoms with E-state index in [0.717, 1.165) is 28.3 Å². The van der Waals surface area contributed by atoms with Gasteiger partial charge in [-0.1, -0.05) is 0 Å². The summed E-state index contributed by atoms with van der Waals surface area (Å²) in [6.07, 6.45) is 3.53. The number of benzene rings is 1. The van der Waals surface area contributed by atoms with Crippen molar-refractivity contribution < 1.29 is 4.74 Å². The van der Waals surface area contributed by atoms with Crippen LogP contribution in [0.25, 0.3) is 11.0 Å². The molecule has 1 aromatic carbocycles. The second-order valence-corrected chi connectivity index (χ2v) is 4.24. The zero-order valence-electron chi connectivity index (χ0n) is 10.8. The van der Waals surface area contributed by atoms with Crippen molar-refractivity contribution in [1.82, 2.24) is 14.5 Å². The van der Waals surface area contributed by atoms with Crippen LogP contribution in [0.15, 0.2) is 42.9 Å². The van der Waals surface area contributed by atoms with Crippen LogP contribution in [0.5, 0.6) is 5.75 Å². The zero-order chi connectivity index (χ0) is 13.2. The number of hydrogen-bond donors (Lipinski definition) is 1. The van der Waals surface area contributed by atoms with Gasteiger partial charge in [-0.25, -0.2) is 9.97 Å². The third-order valence-electron chi connectivity index (χ3n) is 3.01. The van der Waals surface area contributed by atoms with Crippen molar-refractivity contribution in [3.63, 3.8) is 0 Å². The second-order valence-electron chi connectivity index (χ2n) is 4.24. The highest BCUT2D eigenvalue weighted by atomic mass is 16.5. The van der Waals surface area contributed by atoms with Crippen LogP contribution in [-0.4, -0.2) is 21.6 Å². The summed E-state index contributed by atoms with van der Waals surface area (Å²) in [4.78, 5) is 8.54. The third-order valence-corrected chi connectivity index (χ3v) is 3.01. The monoisotopic (exact) mass is 254 g/mol. The zero-order valence-corrected chi connectivity index (χ0v) is 10.8. The maximum absolute atomic E-state index is 5.14. The van der Waals surface area contributed by atoms with Crippen LogP contribution in [0.2, 0.25) is 0 Å². The van der Waals surface area contributed by atoms with Crippen molar-refractivity contribution in [2.24, 2.45) is 7.05 Å². The van der Waals surface area contributed by atoms with Gasteiger partial charge in [-0.3, -0.25) is 0 Å². The maximum Gasteiger partial charge on any atom is 0.158 e. The summed E-state index contributed by atoms with van der Waals surface area (Å²) in [6.45, 7) is 0. The van der Waals surface area contributed by atoms with Crippen LogP contribution in [0, 0.1) is 0 Å². The fraction of sp³-hybridized carbons (Fsp3) is 0.143. The summed E-state index contributed by atoms with van der Waals surface area (Å²) < 4.78 is 7.14. The highest BCUT2D eigenvalue weighted by molar-refractivity contribution is 5.88. The lowest BCUT2D eigenvalue weighted by atomic mass is 10.3. The quantitative estimate of drug-likeness (QED) is 0.780. The van der Waals surface area contributed by atoms with Gasteiger partial charge in [0, 0.05) is 18.9 Å². The van der Waals surface area contributed by atoms with Gasteiger partial charge < -0.3 is 14.6 Å². The molecule has 3 rings (SSSR count). The summed E-state index contributed by atoms with van der Waals surface area (Å²) in [6, 6.07) is 9.69. The van der Waals surface area contributed by atoms with Crippen LogP contribution in [-0.2, 0) is 7.05 Å². The van der Waals surface area contributed by atoms with Crippen molar-refractivity contribution in [3.8, 4) is 5.75 Å². The number of aryl methyl sites for hydroxylation is 1. The standard InChI is InChI=1S/C14H14N4O/c1-18-8-7-12-13(18)14(16-9-15-12)17-10-3-5-11(19-2)6-4-10/h3-9H,1-2H3,(H,15,16,17). The molecule has 2 aromatic heterocycles. The Morgan fingerprint density at radius 2 is 1.89 bits per heavy atom. The molecule has 0 atom stereocenters. The molecule has 5 nitrogen and oxygen atoms in total. The molecule has 5 heteroatoms. The summed E-state index contributed by atoms with van der Waals surface area (Å²) >= 11 is 0. The van der Waals surface area contributed by atoms with Gasteiger partial charge in [0.2, 0.25) is 0 Å². The van der Waals surface area contributed by atoms with Gasteiger partial charge in [0.15, 0.2) is 5.82 Å². The first-order valence-corrected chi connectivity index (χ1v) is 5.95. The molecule has 0 aliphatic carbocycles. The molecular weight excluding hydrogens is 240 g/mol. The van der Waals surface area contributed by atoms with Crippen LogP contribution < -0.4 is 10.1 Å². The first-order valence-electron chi connectivity index (χ1n) is 5.95. The molecular formula is C14H14N4O. The van der Waals surface area contributed by atoms with Crippen molar-refractivity contribution in [3.05, 3.63) is 42.9 Å². The number of ether oxygens (including phenoxy) is 1. The molecule has 0 radical (unpaired) electrons. The van der Waals surface area contributed by atoms with Crippen molar-refractivity contribution >= 4 is 22.5 Å². The molecule has 0 amide bonds. The van der Waals surface area contributed by atoms with Gasteiger partial charge in [0.25, 0.3) is 0 Å². The normalized spacial score (nSPS) is 10.6. The Morgan fingerprint density at radius 3 is 2.63 bits per heavy atom. The number of rotatable bonds is 3. The van der Waals surface area contributed by atoms with E-state index in [4.69, 9.17) is 4.74 Å². The Bertz CT molecular complexity index is 703. The Balaban J connectivity index is 1.98. The SMILES string of the molecule is COc1ccc(Nc2ncnc3ccn(C)c23)cc1. The van der Waals surface area contributed by atoms with E-state index < -0.39 is 0 Å². The van der Waals surface area contributed by atoms with Crippen LogP contribution in [0.1, 0.15) is 0 Å². The van der Waals surface area contributed by atoms with E-state index in [2.05, 4.69) is 15.3 Å². The molecule has 0 spiro atoms. The Labute approximate surface area is 110 Å². The average Bonchev–Trinajstić information content (AvgIpc) is 2.83. The van der Waals surface area contributed by atoms with E-state index in [1.54, 1.807) is 13.4 Å². The minimum atomic E-state index is 0.794. The Kier molecular flexibility index (Phi) is 2.79. The van der Waals surface area contributed by atoms with Gasteiger partial charge in [-0.15, -0.1) is 0 Å². The Morgan fingerprint density at radius 1 is 1.11 bits per heavy atom. The number of aromatic nitrogens is 3. The van der Waals surface area contributed by atoms with E-state index in [-0.39, 0.29) is 0 Å². The van der Waals surface area contributed by atoms with Gasteiger partial charge in [-0.2, -0.15) is 0 Å². The second kappa shape index (κ2) is 4.61. The van der Waals surface area contributed by atoms with Gasteiger partial charge in [0.05, 0.1) is 12.6 Å². The lowest BCUT2D eigenvalue weighted by Crippen LogP contribution is -1.98. The summed E-state index contributed by atoms with van der Waals surface area (Å²) in [5, 5.41) is 3.30. The molecule has 0 fully saturated rings. The number of anilines is 2.